The fourth-order valence-electron chi connectivity index (χ4n) is 0.845. The molecule has 0 aromatic heterocycles. The molecule has 0 spiro atoms. The lowest BCUT2D eigenvalue weighted by Gasteiger charge is -1.97. The number of rotatable bonds is 3. The van der Waals surface area contributed by atoms with Gasteiger partial charge in [-0.1, -0.05) is 0 Å². The first kappa shape index (κ1) is 9.54. The molecule has 4 nitrogen and oxygen atoms in total. The molecule has 0 aromatic carbocycles. The van der Waals surface area contributed by atoms with Crippen molar-refractivity contribution in [3.05, 3.63) is 0 Å². The third-order valence-electron chi connectivity index (χ3n) is 1.42. The van der Waals surface area contributed by atoms with Crippen LogP contribution in [0.1, 0.15) is 6.42 Å². The Morgan fingerprint density at radius 2 is 2.67 bits per heavy atom. The molecule has 12 heavy (non-hydrogen) atoms. The molecule has 1 N–H and O–H groups in total. The van der Waals surface area contributed by atoms with Gasteiger partial charge in [0.2, 0.25) is 5.91 Å². The van der Waals surface area contributed by atoms with Gasteiger partial charge in [0, 0.05) is 6.42 Å². The molecule has 0 aromatic rings. The number of carbonyl (C=O) groups excluding carboxylic acids is 1. The van der Waals surface area contributed by atoms with Gasteiger partial charge < -0.3 is 4.74 Å². The van der Waals surface area contributed by atoms with Crippen molar-refractivity contribution in [3.8, 4) is 0 Å². The van der Waals surface area contributed by atoms with Crippen LogP contribution < -0.4 is 5.43 Å². The van der Waals surface area contributed by atoms with Crippen LogP contribution >= 0.6 is 11.8 Å². The van der Waals surface area contributed by atoms with Crippen molar-refractivity contribution in [1.29, 1.82) is 0 Å². The summed E-state index contributed by atoms with van der Waals surface area (Å²) in [5.41, 5.74) is 3.39. The van der Waals surface area contributed by atoms with Gasteiger partial charge in [-0.3, -0.25) is 4.79 Å². The maximum Gasteiger partial charge on any atom is 0.250 e. The number of thioether (sulfide) groups is 1. The molecule has 1 rings (SSSR count). The molecule has 0 saturated carbocycles. The van der Waals surface area contributed by atoms with Crippen LogP contribution in [0.4, 0.5) is 0 Å². The first-order valence-electron chi connectivity index (χ1n) is 3.74. The van der Waals surface area contributed by atoms with Gasteiger partial charge in [0.25, 0.3) is 0 Å². The molecule has 5 heteroatoms. The molecule has 1 heterocycles. The molecular formula is C7H12N2O2S. The van der Waals surface area contributed by atoms with Gasteiger partial charge in [0.1, 0.15) is 0 Å². The lowest BCUT2D eigenvalue weighted by molar-refractivity contribution is -0.118. The van der Waals surface area contributed by atoms with Gasteiger partial charge in [-0.25, -0.2) is 5.43 Å². The minimum atomic E-state index is -0.0538. The van der Waals surface area contributed by atoms with Crippen LogP contribution in [0.5, 0.6) is 0 Å². The maximum atomic E-state index is 10.9. The minimum Gasteiger partial charge on any atom is -0.375 e. The average Bonchev–Trinajstić information content (AvgIpc) is 2.53. The molecule has 1 aliphatic heterocycles. The van der Waals surface area contributed by atoms with Gasteiger partial charge in [-0.15, -0.1) is 0 Å². The minimum absolute atomic E-state index is 0.0538. The van der Waals surface area contributed by atoms with E-state index in [0.717, 1.165) is 18.7 Å². The summed E-state index contributed by atoms with van der Waals surface area (Å²) in [5.74, 6) is 0.402. The summed E-state index contributed by atoms with van der Waals surface area (Å²) < 4.78 is 5.06. The third-order valence-corrected chi connectivity index (χ3v) is 1.97. The van der Waals surface area contributed by atoms with Crippen molar-refractivity contribution in [1.82, 2.24) is 5.43 Å². The van der Waals surface area contributed by atoms with Crippen molar-refractivity contribution in [2.24, 2.45) is 5.10 Å². The van der Waals surface area contributed by atoms with E-state index >= 15 is 0 Å². The van der Waals surface area contributed by atoms with E-state index in [1.807, 2.05) is 6.26 Å². The van der Waals surface area contributed by atoms with E-state index in [1.165, 1.54) is 11.8 Å². The van der Waals surface area contributed by atoms with E-state index < -0.39 is 0 Å². The Kier molecular flexibility index (Phi) is 4.10. The Hall–Kier alpha value is -0.550. The van der Waals surface area contributed by atoms with Gasteiger partial charge in [-0.2, -0.15) is 16.9 Å². The number of hydrogen-bond donors (Lipinski definition) is 1. The quantitative estimate of drug-likeness (QED) is 0.645. The van der Waals surface area contributed by atoms with Crippen molar-refractivity contribution < 1.29 is 9.53 Å². The molecule has 0 aliphatic carbocycles. The molecule has 0 bridgehead atoms. The first-order chi connectivity index (χ1) is 5.83. The number of carbonyl (C=O) groups is 1. The highest BCUT2D eigenvalue weighted by Gasteiger charge is 2.08. The van der Waals surface area contributed by atoms with Crippen LogP contribution in [-0.4, -0.2) is 36.8 Å². The Morgan fingerprint density at radius 3 is 3.25 bits per heavy atom. The van der Waals surface area contributed by atoms with Gasteiger partial charge >= 0.3 is 0 Å². The van der Waals surface area contributed by atoms with Gasteiger partial charge in [-0.05, 0) is 6.26 Å². The van der Waals surface area contributed by atoms with E-state index in [-0.39, 0.29) is 5.91 Å². The molecule has 1 amide bonds. The first-order valence-corrected chi connectivity index (χ1v) is 5.13. The zero-order valence-corrected chi connectivity index (χ0v) is 7.82. The second-order valence-electron chi connectivity index (χ2n) is 2.45. The largest absolute Gasteiger partial charge is 0.375 e. The van der Waals surface area contributed by atoms with Crippen molar-refractivity contribution in [2.75, 3.05) is 25.2 Å². The van der Waals surface area contributed by atoms with Crippen molar-refractivity contribution >= 4 is 23.4 Å². The SMILES string of the molecule is CSCC(=O)N/N=C1/CCOC1. The second kappa shape index (κ2) is 5.16. The zero-order valence-electron chi connectivity index (χ0n) is 7.00. The lowest BCUT2D eigenvalue weighted by atomic mass is 10.3. The Bertz CT molecular complexity index is 186. The molecule has 1 aliphatic rings. The van der Waals surface area contributed by atoms with Crippen LogP contribution in [0.25, 0.3) is 0 Å². The highest BCUT2D eigenvalue weighted by Crippen LogP contribution is 1.98. The Balaban J connectivity index is 2.22. The summed E-state index contributed by atoms with van der Waals surface area (Å²) in [6.07, 6.45) is 2.71. The Morgan fingerprint density at radius 1 is 1.83 bits per heavy atom. The normalized spacial score (nSPS) is 19.9. The molecule has 1 fully saturated rings. The fourth-order valence-corrected chi connectivity index (χ4v) is 1.17. The zero-order chi connectivity index (χ0) is 8.81. The molecule has 0 atom stereocenters. The van der Waals surface area contributed by atoms with E-state index in [4.69, 9.17) is 4.74 Å². The predicted molar refractivity (Wildman–Crippen MR) is 49.4 cm³/mol. The summed E-state index contributed by atoms with van der Waals surface area (Å²) in [6.45, 7) is 1.27. The fraction of sp³-hybridized carbons (Fsp3) is 0.714. The number of ether oxygens (including phenoxy) is 1. The second-order valence-corrected chi connectivity index (χ2v) is 3.31. The average molecular weight is 188 g/mol. The summed E-state index contributed by atoms with van der Waals surface area (Å²) in [7, 11) is 0. The summed E-state index contributed by atoms with van der Waals surface area (Å²) >= 11 is 1.48. The number of amides is 1. The highest BCUT2D eigenvalue weighted by atomic mass is 32.2. The number of nitrogens with zero attached hydrogens (tertiary/aromatic N) is 1. The monoisotopic (exact) mass is 188 g/mol. The summed E-state index contributed by atoms with van der Waals surface area (Å²) in [4.78, 5) is 10.9. The number of nitrogens with one attached hydrogen (secondary N) is 1. The molecule has 68 valence electrons. The van der Waals surface area contributed by atoms with Crippen LogP contribution in [0, 0.1) is 0 Å². The van der Waals surface area contributed by atoms with Gasteiger partial charge in [0.15, 0.2) is 0 Å². The van der Waals surface area contributed by atoms with Crippen LogP contribution in [0.3, 0.4) is 0 Å². The lowest BCUT2D eigenvalue weighted by Crippen LogP contribution is -2.21. The van der Waals surface area contributed by atoms with Crippen molar-refractivity contribution in [2.45, 2.75) is 6.42 Å². The number of hydrazone groups is 1. The number of hydrogen-bond acceptors (Lipinski definition) is 4. The predicted octanol–water partition coefficient (Wildman–Crippen LogP) is 0.242. The van der Waals surface area contributed by atoms with Crippen LogP contribution in [-0.2, 0) is 9.53 Å². The van der Waals surface area contributed by atoms with E-state index in [1.54, 1.807) is 0 Å². The highest BCUT2D eigenvalue weighted by molar-refractivity contribution is 7.99. The molecular weight excluding hydrogens is 176 g/mol. The van der Waals surface area contributed by atoms with Crippen LogP contribution in [0.2, 0.25) is 0 Å². The molecule has 1 saturated heterocycles. The summed E-state index contributed by atoms with van der Waals surface area (Å²) in [5, 5.41) is 3.92. The third kappa shape index (κ3) is 3.23. The smallest absolute Gasteiger partial charge is 0.250 e. The standard InChI is InChI=1S/C7H12N2O2S/c1-12-5-7(10)9-8-6-2-3-11-4-6/h2-5H2,1H3,(H,9,10)/b8-6-. The topological polar surface area (TPSA) is 50.7 Å². The van der Waals surface area contributed by atoms with Gasteiger partial charge in [0.05, 0.1) is 24.7 Å². The van der Waals surface area contributed by atoms with E-state index in [0.29, 0.717) is 12.4 Å². The summed E-state index contributed by atoms with van der Waals surface area (Å²) in [6, 6.07) is 0. The molecule has 0 radical (unpaired) electrons. The van der Waals surface area contributed by atoms with E-state index in [9.17, 15) is 4.79 Å². The van der Waals surface area contributed by atoms with Crippen molar-refractivity contribution in [3.63, 3.8) is 0 Å². The Labute approximate surface area is 75.7 Å². The maximum absolute atomic E-state index is 10.9. The van der Waals surface area contributed by atoms with E-state index in [2.05, 4.69) is 10.5 Å². The molecule has 0 unspecified atom stereocenters. The van der Waals surface area contributed by atoms with Crippen LogP contribution in [0.15, 0.2) is 5.10 Å².